The topological polar surface area (TPSA) is 12.0 Å². The molecule has 2 rings (SSSR count). The molecule has 1 nitrogen and oxygen atoms in total. The molecule has 0 aromatic heterocycles. The van der Waals surface area contributed by atoms with E-state index in [0.29, 0.717) is 11.6 Å². The predicted molar refractivity (Wildman–Crippen MR) is 78.2 cm³/mol. The average Bonchev–Trinajstić information content (AvgIpc) is 2.45. The van der Waals surface area contributed by atoms with E-state index < -0.39 is 11.7 Å². The van der Waals surface area contributed by atoms with Crippen LogP contribution in [-0.2, 0) is 12.7 Å². The van der Waals surface area contributed by atoms with Crippen LogP contribution in [0.5, 0.6) is 0 Å². The van der Waals surface area contributed by atoms with Gasteiger partial charge in [-0.15, -0.1) is 0 Å². The highest BCUT2D eigenvalue weighted by Crippen LogP contribution is 2.29. The summed E-state index contributed by atoms with van der Waals surface area (Å²) in [7, 11) is 0. The molecule has 0 saturated heterocycles. The number of alkyl halides is 3. The van der Waals surface area contributed by atoms with Gasteiger partial charge in [0.1, 0.15) is 0 Å². The van der Waals surface area contributed by atoms with Crippen LogP contribution in [0, 0.1) is 0 Å². The van der Waals surface area contributed by atoms with Crippen molar-refractivity contribution in [3.05, 3.63) is 70.2 Å². The van der Waals surface area contributed by atoms with Crippen molar-refractivity contribution in [1.82, 2.24) is 5.32 Å². The zero-order chi connectivity index (χ0) is 15.5. The molecular weight excluding hydrogens is 299 g/mol. The molecule has 5 heteroatoms. The Hall–Kier alpha value is -1.52. The summed E-state index contributed by atoms with van der Waals surface area (Å²) >= 11 is 6.11. The summed E-state index contributed by atoms with van der Waals surface area (Å²) in [5, 5.41) is 3.92. The highest BCUT2D eigenvalue weighted by molar-refractivity contribution is 6.31. The summed E-state index contributed by atoms with van der Waals surface area (Å²) in [5.74, 6) is 0. The van der Waals surface area contributed by atoms with Crippen LogP contribution in [0.25, 0.3) is 0 Å². The molecule has 2 aromatic rings. The standard InChI is InChI=1S/C16H15ClF3N/c1-11(14-4-2-3-5-15(14)17)21-10-12-6-8-13(9-7-12)16(18,19)20/h2-9,11,21H,10H2,1H3/t11-/m1/s1. The van der Waals surface area contributed by atoms with Gasteiger partial charge in [0.05, 0.1) is 5.56 Å². The molecule has 0 bridgehead atoms. The van der Waals surface area contributed by atoms with Crippen LogP contribution in [0.1, 0.15) is 29.7 Å². The molecule has 0 fully saturated rings. The van der Waals surface area contributed by atoms with E-state index in [1.165, 1.54) is 12.1 Å². The van der Waals surface area contributed by atoms with E-state index in [2.05, 4.69) is 5.32 Å². The normalized spacial score (nSPS) is 13.2. The molecule has 0 aliphatic carbocycles. The third kappa shape index (κ3) is 4.22. The maximum atomic E-state index is 12.5. The van der Waals surface area contributed by atoms with E-state index >= 15 is 0 Å². The first-order chi connectivity index (χ1) is 9.88. The summed E-state index contributed by atoms with van der Waals surface area (Å²) in [6, 6.07) is 12.7. The Morgan fingerprint density at radius 1 is 1.05 bits per heavy atom. The van der Waals surface area contributed by atoms with Crippen LogP contribution < -0.4 is 5.32 Å². The molecule has 112 valence electrons. The van der Waals surface area contributed by atoms with E-state index in [9.17, 15) is 13.2 Å². The molecule has 0 aliphatic rings. The highest BCUT2D eigenvalue weighted by Gasteiger charge is 2.29. The minimum atomic E-state index is -4.29. The fraction of sp³-hybridized carbons (Fsp3) is 0.250. The Balaban J connectivity index is 1.99. The molecule has 0 saturated carbocycles. The Morgan fingerprint density at radius 2 is 1.67 bits per heavy atom. The molecule has 0 radical (unpaired) electrons. The predicted octanol–water partition coefficient (Wildman–Crippen LogP) is 5.21. The molecule has 1 N–H and O–H groups in total. The molecule has 0 aliphatic heterocycles. The largest absolute Gasteiger partial charge is 0.416 e. The number of nitrogens with one attached hydrogen (secondary N) is 1. The van der Waals surface area contributed by atoms with Gasteiger partial charge in [-0.2, -0.15) is 13.2 Å². The first-order valence-electron chi connectivity index (χ1n) is 6.52. The lowest BCUT2D eigenvalue weighted by atomic mass is 10.1. The van der Waals surface area contributed by atoms with Crippen LogP contribution in [0.3, 0.4) is 0 Å². The maximum Gasteiger partial charge on any atom is 0.416 e. The van der Waals surface area contributed by atoms with E-state index in [1.54, 1.807) is 0 Å². The zero-order valence-corrected chi connectivity index (χ0v) is 12.2. The number of hydrogen-bond acceptors (Lipinski definition) is 1. The van der Waals surface area contributed by atoms with Crippen molar-refractivity contribution in [1.29, 1.82) is 0 Å². The van der Waals surface area contributed by atoms with Crippen LogP contribution in [-0.4, -0.2) is 0 Å². The SMILES string of the molecule is C[C@@H](NCc1ccc(C(F)(F)F)cc1)c1ccccc1Cl. The first-order valence-corrected chi connectivity index (χ1v) is 6.89. The van der Waals surface area contributed by atoms with Crippen molar-refractivity contribution in [3.63, 3.8) is 0 Å². The molecular formula is C16H15ClF3N. The smallest absolute Gasteiger partial charge is 0.306 e. The van der Waals surface area contributed by atoms with Crippen LogP contribution in [0.2, 0.25) is 5.02 Å². The Morgan fingerprint density at radius 3 is 2.24 bits per heavy atom. The number of benzene rings is 2. The van der Waals surface area contributed by atoms with Gasteiger partial charge in [0.2, 0.25) is 0 Å². The highest BCUT2D eigenvalue weighted by atomic mass is 35.5. The van der Waals surface area contributed by atoms with Crippen LogP contribution >= 0.6 is 11.6 Å². The lowest BCUT2D eigenvalue weighted by molar-refractivity contribution is -0.137. The molecule has 0 unspecified atom stereocenters. The molecule has 21 heavy (non-hydrogen) atoms. The minimum Gasteiger partial charge on any atom is -0.306 e. The van der Waals surface area contributed by atoms with Crippen molar-refractivity contribution < 1.29 is 13.2 Å². The van der Waals surface area contributed by atoms with Crippen molar-refractivity contribution in [3.8, 4) is 0 Å². The second kappa shape index (κ2) is 6.50. The summed E-state index contributed by atoms with van der Waals surface area (Å²) in [6.45, 7) is 2.44. The van der Waals surface area contributed by atoms with Gasteiger partial charge in [-0.1, -0.05) is 41.9 Å². The minimum absolute atomic E-state index is 0.0148. The monoisotopic (exact) mass is 313 g/mol. The lowest BCUT2D eigenvalue weighted by Gasteiger charge is -2.16. The van der Waals surface area contributed by atoms with Crippen molar-refractivity contribution >= 4 is 11.6 Å². The molecule has 0 spiro atoms. The van der Waals surface area contributed by atoms with Crippen molar-refractivity contribution in [2.24, 2.45) is 0 Å². The van der Waals surface area contributed by atoms with E-state index in [-0.39, 0.29) is 6.04 Å². The average molecular weight is 314 g/mol. The van der Waals surface area contributed by atoms with Crippen LogP contribution in [0.4, 0.5) is 13.2 Å². The molecule has 0 amide bonds. The van der Waals surface area contributed by atoms with Gasteiger partial charge < -0.3 is 5.32 Å². The fourth-order valence-electron chi connectivity index (χ4n) is 2.02. The van der Waals surface area contributed by atoms with E-state index in [0.717, 1.165) is 23.3 Å². The lowest BCUT2D eigenvalue weighted by Crippen LogP contribution is -2.18. The van der Waals surface area contributed by atoms with E-state index in [4.69, 9.17) is 11.6 Å². The van der Waals surface area contributed by atoms with Gasteiger partial charge in [0.15, 0.2) is 0 Å². The zero-order valence-electron chi connectivity index (χ0n) is 11.4. The second-order valence-corrected chi connectivity index (χ2v) is 5.23. The van der Waals surface area contributed by atoms with Crippen molar-refractivity contribution in [2.45, 2.75) is 25.7 Å². The van der Waals surface area contributed by atoms with Gasteiger partial charge in [0, 0.05) is 17.6 Å². The second-order valence-electron chi connectivity index (χ2n) is 4.82. The Kier molecular flexibility index (Phi) is 4.91. The summed E-state index contributed by atoms with van der Waals surface area (Å²) in [4.78, 5) is 0. The third-order valence-electron chi connectivity index (χ3n) is 3.27. The van der Waals surface area contributed by atoms with Gasteiger partial charge in [-0.3, -0.25) is 0 Å². The van der Waals surface area contributed by atoms with Crippen molar-refractivity contribution in [2.75, 3.05) is 0 Å². The summed E-state index contributed by atoms with van der Waals surface area (Å²) in [5.41, 5.74) is 1.12. The Labute approximate surface area is 126 Å². The Bertz CT molecular complexity index is 593. The van der Waals surface area contributed by atoms with Gasteiger partial charge >= 0.3 is 6.18 Å². The maximum absolute atomic E-state index is 12.5. The molecule has 0 heterocycles. The number of halogens is 4. The summed E-state index contributed by atoms with van der Waals surface area (Å²) < 4.78 is 37.4. The van der Waals surface area contributed by atoms with Crippen LogP contribution in [0.15, 0.2) is 48.5 Å². The first kappa shape index (κ1) is 15.9. The molecule has 1 atom stereocenters. The van der Waals surface area contributed by atoms with Gasteiger partial charge in [0.25, 0.3) is 0 Å². The van der Waals surface area contributed by atoms with Gasteiger partial charge in [-0.25, -0.2) is 0 Å². The fourth-order valence-corrected chi connectivity index (χ4v) is 2.32. The molecule has 2 aromatic carbocycles. The van der Waals surface area contributed by atoms with E-state index in [1.807, 2.05) is 31.2 Å². The number of hydrogen-bond donors (Lipinski definition) is 1. The summed E-state index contributed by atoms with van der Waals surface area (Å²) in [6.07, 6.45) is -4.29. The van der Waals surface area contributed by atoms with Gasteiger partial charge in [-0.05, 0) is 36.2 Å². The quantitative estimate of drug-likeness (QED) is 0.817. The third-order valence-corrected chi connectivity index (χ3v) is 3.61. The number of rotatable bonds is 4.